The number of nitrogens with one attached hydrogen (secondary N) is 1. The minimum absolute atomic E-state index is 0.0799. The first-order chi connectivity index (χ1) is 16.1. The molecule has 3 heterocycles. The van der Waals surface area contributed by atoms with Gasteiger partial charge in [0.2, 0.25) is 0 Å². The van der Waals surface area contributed by atoms with Crippen LogP contribution >= 0.6 is 11.6 Å². The molecule has 9 heteroatoms. The second-order valence-electron chi connectivity index (χ2n) is 8.26. The fourth-order valence-electron chi connectivity index (χ4n) is 4.12. The molecule has 7 nitrogen and oxygen atoms in total. The summed E-state index contributed by atoms with van der Waals surface area (Å²) in [5.41, 5.74) is 4.16. The summed E-state index contributed by atoms with van der Waals surface area (Å²) in [6.07, 6.45) is 7.32. The lowest BCUT2D eigenvalue weighted by atomic mass is 10.1. The highest BCUT2D eigenvalue weighted by molar-refractivity contribution is 6.31. The highest BCUT2D eigenvalue weighted by atomic mass is 35.5. The van der Waals surface area contributed by atoms with Gasteiger partial charge in [0.25, 0.3) is 5.91 Å². The van der Waals surface area contributed by atoms with Gasteiger partial charge in [0, 0.05) is 29.2 Å². The van der Waals surface area contributed by atoms with E-state index in [2.05, 4.69) is 25.3 Å². The maximum atomic E-state index is 13.9. The molecule has 0 atom stereocenters. The minimum Gasteiger partial charge on any atom is -0.348 e. The van der Waals surface area contributed by atoms with Crippen LogP contribution < -0.4 is 10.2 Å². The lowest BCUT2D eigenvalue weighted by Crippen LogP contribution is -2.26. The zero-order valence-electron chi connectivity index (χ0n) is 17.4. The molecule has 0 saturated heterocycles. The molecule has 1 saturated carbocycles. The predicted molar refractivity (Wildman–Crippen MR) is 123 cm³/mol. The Morgan fingerprint density at radius 1 is 1.15 bits per heavy atom. The Balaban J connectivity index is 1.41. The third-order valence-corrected chi connectivity index (χ3v) is 6.25. The van der Waals surface area contributed by atoms with Crippen molar-refractivity contribution < 1.29 is 9.18 Å². The number of carbonyl (C=O) groups is 1. The van der Waals surface area contributed by atoms with Crippen LogP contribution in [0, 0.1) is 5.82 Å². The molecule has 2 aliphatic rings. The number of rotatable bonds is 4. The van der Waals surface area contributed by atoms with Crippen LogP contribution in [0.1, 0.15) is 28.9 Å². The van der Waals surface area contributed by atoms with Crippen LogP contribution in [-0.2, 0) is 6.42 Å². The summed E-state index contributed by atoms with van der Waals surface area (Å²) in [6.45, 7) is 0.655. The molecule has 0 unspecified atom stereocenters. The third kappa shape index (κ3) is 3.66. The van der Waals surface area contributed by atoms with Gasteiger partial charge in [-0.1, -0.05) is 17.7 Å². The maximum Gasteiger partial charge on any atom is 0.271 e. The molecular formula is C24H18ClFN6O. The summed E-state index contributed by atoms with van der Waals surface area (Å²) in [4.78, 5) is 32.1. The van der Waals surface area contributed by atoms with Crippen molar-refractivity contribution in [2.75, 3.05) is 11.4 Å². The van der Waals surface area contributed by atoms with Crippen molar-refractivity contribution in [2.24, 2.45) is 0 Å². The molecule has 0 radical (unpaired) electrons. The standard InChI is InChI=1S/C24H18ClFN6O/c25-17-9-22-14(8-18(17)26)5-6-32(22)23-16-7-13(1-4-19(16)28-12-29-23)20-10-27-11-21(31-20)24(33)30-15-2-3-15/h1,4,7-12,15H,2-3,5-6H2,(H,30,33). The summed E-state index contributed by atoms with van der Waals surface area (Å²) in [7, 11) is 0. The van der Waals surface area contributed by atoms with Crippen LogP contribution in [0.15, 0.2) is 49.1 Å². The van der Waals surface area contributed by atoms with Gasteiger partial charge in [-0.2, -0.15) is 0 Å². The molecular weight excluding hydrogens is 443 g/mol. The van der Waals surface area contributed by atoms with E-state index in [9.17, 15) is 9.18 Å². The van der Waals surface area contributed by atoms with E-state index in [4.69, 9.17) is 11.6 Å². The molecule has 0 bridgehead atoms. The molecule has 1 amide bonds. The summed E-state index contributed by atoms with van der Waals surface area (Å²) in [5.74, 6) is 0.0737. The van der Waals surface area contributed by atoms with Gasteiger partial charge in [-0.15, -0.1) is 0 Å². The number of hydrogen-bond acceptors (Lipinski definition) is 6. The topological polar surface area (TPSA) is 83.9 Å². The Morgan fingerprint density at radius 3 is 2.88 bits per heavy atom. The second-order valence-corrected chi connectivity index (χ2v) is 8.67. The highest BCUT2D eigenvalue weighted by Gasteiger charge is 2.26. The van der Waals surface area contributed by atoms with Crippen molar-refractivity contribution in [1.29, 1.82) is 0 Å². The predicted octanol–water partition coefficient (Wildman–Crippen LogP) is 4.47. The Kier molecular flexibility index (Phi) is 4.69. The number of halogens is 2. The summed E-state index contributed by atoms with van der Waals surface area (Å²) >= 11 is 6.06. The van der Waals surface area contributed by atoms with Crippen molar-refractivity contribution in [3.8, 4) is 11.3 Å². The molecule has 164 valence electrons. The summed E-state index contributed by atoms with van der Waals surface area (Å²) in [5, 5.41) is 3.83. The molecule has 1 N–H and O–H groups in total. The van der Waals surface area contributed by atoms with E-state index in [-0.39, 0.29) is 22.7 Å². The lowest BCUT2D eigenvalue weighted by Gasteiger charge is -2.20. The van der Waals surface area contributed by atoms with Crippen LogP contribution in [0.2, 0.25) is 5.02 Å². The molecule has 1 fully saturated rings. The van der Waals surface area contributed by atoms with Gasteiger partial charge in [0.1, 0.15) is 23.7 Å². The molecule has 2 aromatic heterocycles. The van der Waals surface area contributed by atoms with E-state index in [1.54, 1.807) is 12.3 Å². The first kappa shape index (κ1) is 20.0. The molecule has 2 aromatic carbocycles. The normalized spacial score (nSPS) is 15.0. The van der Waals surface area contributed by atoms with Crippen molar-refractivity contribution in [2.45, 2.75) is 25.3 Å². The Bertz CT molecular complexity index is 1420. The van der Waals surface area contributed by atoms with Crippen LogP contribution in [-0.4, -0.2) is 38.4 Å². The number of benzene rings is 2. The highest BCUT2D eigenvalue weighted by Crippen LogP contribution is 2.39. The molecule has 33 heavy (non-hydrogen) atoms. The van der Waals surface area contributed by atoms with Gasteiger partial charge in [-0.3, -0.25) is 9.78 Å². The Hall–Kier alpha value is -3.65. The monoisotopic (exact) mass is 460 g/mol. The minimum atomic E-state index is -0.420. The first-order valence-corrected chi connectivity index (χ1v) is 11.1. The quantitative estimate of drug-likeness (QED) is 0.484. The van der Waals surface area contributed by atoms with Gasteiger partial charge in [-0.05, 0) is 49.1 Å². The number of anilines is 2. The summed E-state index contributed by atoms with van der Waals surface area (Å²) in [6, 6.07) is 9.11. The van der Waals surface area contributed by atoms with Gasteiger partial charge >= 0.3 is 0 Å². The molecule has 0 spiro atoms. The third-order valence-electron chi connectivity index (χ3n) is 5.96. The number of fused-ring (bicyclic) bond motifs is 2. The Morgan fingerprint density at radius 2 is 2.03 bits per heavy atom. The number of nitrogens with zero attached hydrogens (tertiary/aromatic N) is 5. The Labute approximate surface area is 193 Å². The van der Waals surface area contributed by atoms with Gasteiger partial charge in [-0.25, -0.2) is 19.3 Å². The molecule has 1 aliphatic heterocycles. The van der Waals surface area contributed by atoms with E-state index in [1.807, 2.05) is 23.1 Å². The SMILES string of the molecule is O=C(NC1CC1)c1cncc(-c2ccc3ncnc(N4CCc5cc(F)c(Cl)cc54)c3c2)n1. The number of carbonyl (C=O) groups excluding carboxylic acids is 1. The van der Waals surface area contributed by atoms with E-state index in [0.717, 1.165) is 40.6 Å². The first-order valence-electron chi connectivity index (χ1n) is 10.7. The molecule has 4 aromatic rings. The van der Waals surface area contributed by atoms with Crippen LogP contribution in [0.3, 0.4) is 0 Å². The van der Waals surface area contributed by atoms with Crippen LogP contribution in [0.25, 0.3) is 22.2 Å². The maximum absolute atomic E-state index is 13.9. The zero-order valence-corrected chi connectivity index (χ0v) is 18.2. The smallest absolute Gasteiger partial charge is 0.271 e. The number of amides is 1. The molecule has 1 aliphatic carbocycles. The average molecular weight is 461 g/mol. The van der Waals surface area contributed by atoms with Gasteiger partial charge < -0.3 is 10.2 Å². The van der Waals surface area contributed by atoms with E-state index in [0.29, 0.717) is 24.5 Å². The zero-order chi connectivity index (χ0) is 22.5. The lowest BCUT2D eigenvalue weighted by molar-refractivity contribution is 0.0946. The van der Waals surface area contributed by atoms with Gasteiger partial charge in [0.05, 0.1) is 28.6 Å². The van der Waals surface area contributed by atoms with E-state index < -0.39 is 5.82 Å². The van der Waals surface area contributed by atoms with Crippen molar-refractivity contribution in [3.05, 3.63) is 71.2 Å². The fraction of sp³-hybridized carbons (Fsp3) is 0.208. The van der Waals surface area contributed by atoms with Crippen molar-refractivity contribution >= 4 is 39.9 Å². The van der Waals surface area contributed by atoms with E-state index in [1.165, 1.54) is 18.6 Å². The van der Waals surface area contributed by atoms with Crippen LogP contribution in [0.5, 0.6) is 0 Å². The summed E-state index contributed by atoms with van der Waals surface area (Å²) < 4.78 is 13.9. The number of hydrogen-bond donors (Lipinski definition) is 1. The van der Waals surface area contributed by atoms with Crippen LogP contribution in [0.4, 0.5) is 15.9 Å². The number of aromatic nitrogens is 4. The average Bonchev–Trinajstić information content (AvgIpc) is 3.57. The van der Waals surface area contributed by atoms with E-state index >= 15 is 0 Å². The largest absolute Gasteiger partial charge is 0.348 e. The fourth-order valence-corrected chi connectivity index (χ4v) is 4.28. The molecule has 6 rings (SSSR count). The van der Waals surface area contributed by atoms with Crippen molar-refractivity contribution in [3.63, 3.8) is 0 Å². The second kappa shape index (κ2) is 7.74. The van der Waals surface area contributed by atoms with Crippen molar-refractivity contribution in [1.82, 2.24) is 25.3 Å². The van der Waals surface area contributed by atoms with Gasteiger partial charge in [0.15, 0.2) is 0 Å².